The van der Waals surface area contributed by atoms with Crippen LogP contribution < -0.4 is 5.73 Å². The lowest BCUT2D eigenvalue weighted by Crippen LogP contribution is -2.32. The zero-order valence-corrected chi connectivity index (χ0v) is 13.8. The molecule has 0 fully saturated rings. The predicted octanol–water partition coefficient (Wildman–Crippen LogP) is 3.82. The van der Waals surface area contributed by atoms with Crippen molar-refractivity contribution in [2.45, 2.75) is 60.3 Å². The van der Waals surface area contributed by atoms with Gasteiger partial charge in [0.2, 0.25) is 0 Å². The molecule has 0 atom stereocenters. The minimum absolute atomic E-state index is 0.356. The third-order valence-corrected chi connectivity index (χ3v) is 4.41. The van der Waals surface area contributed by atoms with Crippen molar-refractivity contribution < 1.29 is 0 Å². The van der Waals surface area contributed by atoms with Gasteiger partial charge in [0.15, 0.2) is 0 Å². The van der Waals surface area contributed by atoms with Crippen LogP contribution >= 0.6 is 0 Å². The molecule has 0 amide bonds. The average molecular weight is 266 g/mol. The van der Waals surface area contributed by atoms with Gasteiger partial charge in [-0.1, -0.05) is 46.3 Å². The Morgan fingerprint density at radius 1 is 1.16 bits per heavy atom. The van der Waals surface area contributed by atoms with Gasteiger partial charge >= 0.3 is 0 Å². The minimum atomic E-state index is 0.356. The van der Waals surface area contributed by atoms with E-state index in [4.69, 9.17) is 5.73 Å². The smallest absolute Gasteiger partial charge is 0.0166 e. The highest BCUT2D eigenvalue weighted by Gasteiger charge is 2.22. The van der Waals surface area contributed by atoms with Crippen molar-refractivity contribution in [1.29, 1.82) is 0 Å². The molecule has 1 aliphatic heterocycles. The van der Waals surface area contributed by atoms with E-state index >= 15 is 0 Å². The van der Waals surface area contributed by atoms with Crippen LogP contribution in [0.3, 0.4) is 0 Å². The Morgan fingerprint density at radius 3 is 2.32 bits per heavy atom. The molecule has 1 rings (SSSR count). The van der Waals surface area contributed by atoms with E-state index in [1.165, 1.54) is 32.4 Å². The summed E-state index contributed by atoms with van der Waals surface area (Å²) in [6, 6.07) is 0. The van der Waals surface area contributed by atoms with Crippen molar-refractivity contribution in [3.05, 3.63) is 11.6 Å². The third kappa shape index (κ3) is 6.09. The minimum Gasteiger partial charge on any atom is -0.330 e. The molecule has 0 aromatic carbocycles. The van der Waals surface area contributed by atoms with Gasteiger partial charge in [-0.05, 0) is 49.6 Å². The number of nitrogens with zero attached hydrogens (tertiary/aromatic N) is 1. The first-order valence-electron chi connectivity index (χ1n) is 7.86. The molecule has 0 aliphatic carbocycles. The fraction of sp³-hybridized carbons (Fsp3) is 0.882. The van der Waals surface area contributed by atoms with Crippen molar-refractivity contribution in [1.82, 2.24) is 4.90 Å². The van der Waals surface area contributed by atoms with Crippen LogP contribution in [-0.2, 0) is 0 Å². The van der Waals surface area contributed by atoms with E-state index in [9.17, 15) is 0 Å². The Bertz CT molecular complexity index is 297. The van der Waals surface area contributed by atoms with E-state index in [1.54, 1.807) is 5.57 Å². The maximum absolute atomic E-state index is 5.67. The van der Waals surface area contributed by atoms with Gasteiger partial charge in [-0.25, -0.2) is 0 Å². The molecule has 0 spiro atoms. The van der Waals surface area contributed by atoms with Crippen LogP contribution in [0.1, 0.15) is 60.3 Å². The molecule has 1 aliphatic rings. The highest BCUT2D eigenvalue weighted by atomic mass is 15.1. The summed E-state index contributed by atoms with van der Waals surface area (Å²) in [7, 11) is 0. The van der Waals surface area contributed by atoms with Crippen molar-refractivity contribution in [3.63, 3.8) is 0 Å². The summed E-state index contributed by atoms with van der Waals surface area (Å²) in [5.41, 5.74) is 8.07. The number of hydrogen-bond donors (Lipinski definition) is 1. The molecule has 19 heavy (non-hydrogen) atoms. The van der Waals surface area contributed by atoms with Gasteiger partial charge in [-0.15, -0.1) is 0 Å². The van der Waals surface area contributed by atoms with E-state index in [0.717, 1.165) is 19.5 Å². The maximum Gasteiger partial charge on any atom is 0.0166 e. The first kappa shape index (κ1) is 16.7. The zero-order chi connectivity index (χ0) is 14.5. The lowest BCUT2D eigenvalue weighted by molar-refractivity contribution is 0.239. The molecule has 0 aromatic heterocycles. The van der Waals surface area contributed by atoms with Crippen molar-refractivity contribution in [2.24, 2.45) is 16.6 Å². The highest BCUT2D eigenvalue weighted by Crippen LogP contribution is 2.30. The molecule has 0 aromatic rings. The predicted molar refractivity (Wildman–Crippen MR) is 85.3 cm³/mol. The van der Waals surface area contributed by atoms with Gasteiger partial charge in [0.05, 0.1) is 0 Å². The van der Waals surface area contributed by atoms with Crippen LogP contribution in [-0.4, -0.2) is 31.1 Å². The molecule has 1 heterocycles. The largest absolute Gasteiger partial charge is 0.330 e. The number of nitrogens with two attached hydrogens (primary N) is 1. The lowest BCUT2D eigenvalue weighted by Gasteiger charge is -2.33. The first-order chi connectivity index (χ1) is 8.74. The Kier molecular flexibility index (Phi) is 6.07. The van der Waals surface area contributed by atoms with Gasteiger partial charge in [-0.2, -0.15) is 0 Å². The number of hydrogen-bond acceptors (Lipinski definition) is 2. The lowest BCUT2D eigenvalue weighted by atomic mass is 9.82. The molecule has 0 unspecified atom stereocenters. The van der Waals surface area contributed by atoms with E-state index in [2.05, 4.69) is 45.6 Å². The fourth-order valence-corrected chi connectivity index (χ4v) is 2.89. The second kappa shape index (κ2) is 6.90. The third-order valence-electron chi connectivity index (χ3n) is 4.41. The number of rotatable bonds is 6. The summed E-state index contributed by atoms with van der Waals surface area (Å²) < 4.78 is 0. The topological polar surface area (TPSA) is 29.3 Å². The highest BCUT2D eigenvalue weighted by molar-refractivity contribution is 5.14. The summed E-state index contributed by atoms with van der Waals surface area (Å²) in [5, 5.41) is 0. The Labute approximate surface area is 120 Å². The van der Waals surface area contributed by atoms with Crippen LogP contribution in [0.15, 0.2) is 11.6 Å². The summed E-state index contributed by atoms with van der Waals surface area (Å²) in [6.07, 6.45) is 7.42. The second-order valence-electron chi connectivity index (χ2n) is 7.84. The quantitative estimate of drug-likeness (QED) is 0.741. The van der Waals surface area contributed by atoms with Crippen LogP contribution in [0.5, 0.6) is 0 Å². The van der Waals surface area contributed by atoms with Crippen molar-refractivity contribution in [2.75, 3.05) is 26.2 Å². The van der Waals surface area contributed by atoms with E-state index in [0.29, 0.717) is 10.8 Å². The average Bonchev–Trinajstić information content (AvgIpc) is 2.28. The van der Waals surface area contributed by atoms with E-state index in [1.807, 2.05) is 0 Å². The van der Waals surface area contributed by atoms with Crippen molar-refractivity contribution >= 4 is 0 Å². The monoisotopic (exact) mass is 266 g/mol. The molecular weight excluding hydrogens is 232 g/mol. The summed E-state index contributed by atoms with van der Waals surface area (Å²) in [5.74, 6) is 0. The van der Waals surface area contributed by atoms with Gasteiger partial charge in [0.25, 0.3) is 0 Å². The molecule has 0 saturated carbocycles. The molecule has 2 nitrogen and oxygen atoms in total. The van der Waals surface area contributed by atoms with E-state index in [-0.39, 0.29) is 0 Å². The van der Waals surface area contributed by atoms with Gasteiger partial charge in [-0.3, -0.25) is 4.90 Å². The molecule has 0 bridgehead atoms. The molecule has 0 radical (unpaired) electrons. The summed E-state index contributed by atoms with van der Waals surface area (Å²) in [4.78, 5) is 2.59. The Balaban J connectivity index is 2.29. The molecule has 0 saturated heterocycles. The first-order valence-corrected chi connectivity index (χ1v) is 7.86. The maximum atomic E-state index is 5.67. The summed E-state index contributed by atoms with van der Waals surface area (Å²) >= 11 is 0. The molecule has 2 N–H and O–H groups in total. The summed E-state index contributed by atoms with van der Waals surface area (Å²) in [6.45, 7) is 16.1. The SMILES string of the molecule is CC(C)(CCN)CCCN1CC=C(C(C)(C)C)CC1. The Morgan fingerprint density at radius 2 is 1.84 bits per heavy atom. The van der Waals surface area contributed by atoms with Gasteiger partial charge in [0.1, 0.15) is 0 Å². The molecule has 112 valence electrons. The van der Waals surface area contributed by atoms with Crippen LogP contribution in [0, 0.1) is 10.8 Å². The van der Waals surface area contributed by atoms with Gasteiger partial charge < -0.3 is 5.73 Å². The zero-order valence-electron chi connectivity index (χ0n) is 13.8. The second-order valence-corrected chi connectivity index (χ2v) is 7.84. The van der Waals surface area contributed by atoms with E-state index < -0.39 is 0 Å². The normalized spacial score (nSPS) is 18.5. The molecular formula is C17H34N2. The molecule has 2 heteroatoms. The van der Waals surface area contributed by atoms with Gasteiger partial charge in [0, 0.05) is 13.1 Å². The van der Waals surface area contributed by atoms with Crippen LogP contribution in [0.25, 0.3) is 0 Å². The van der Waals surface area contributed by atoms with Crippen LogP contribution in [0.4, 0.5) is 0 Å². The van der Waals surface area contributed by atoms with Crippen molar-refractivity contribution in [3.8, 4) is 0 Å². The fourth-order valence-electron chi connectivity index (χ4n) is 2.89. The van der Waals surface area contributed by atoms with Crippen LogP contribution in [0.2, 0.25) is 0 Å². The standard InChI is InChI=1S/C17H34N2/c1-16(2,3)15-7-13-19(14-8-15)12-6-9-17(4,5)10-11-18/h7H,6,8-14,18H2,1-5H3. The Hall–Kier alpha value is -0.340.